The fourth-order valence-corrected chi connectivity index (χ4v) is 3.70. The zero-order valence-electron chi connectivity index (χ0n) is 15.5. The predicted octanol–water partition coefficient (Wildman–Crippen LogP) is 4.09. The number of carbonyl (C=O) groups excluding carboxylic acids is 1. The van der Waals surface area contributed by atoms with Gasteiger partial charge < -0.3 is 15.0 Å². The number of carbonyl (C=O) groups is 1. The van der Waals surface area contributed by atoms with E-state index in [1.807, 2.05) is 48.5 Å². The Morgan fingerprint density at radius 2 is 1.93 bits per heavy atom. The summed E-state index contributed by atoms with van der Waals surface area (Å²) in [7, 11) is 0. The first-order valence-electron chi connectivity index (χ1n) is 9.28. The molecule has 0 aliphatic heterocycles. The van der Waals surface area contributed by atoms with Gasteiger partial charge in [-0.2, -0.15) is 0 Å². The monoisotopic (exact) mass is 383 g/mol. The molecular formula is C21H25N3O2S. The van der Waals surface area contributed by atoms with Crippen LogP contribution >= 0.6 is 11.8 Å². The molecule has 27 heavy (non-hydrogen) atoms. The zero-order chi connectivity index (χ0) is 19.1. The highest BCUT2D eigenvalue weighted by atomic mass is 32.2. The third kappa shape index (κ3) is 5.11. The number of amides is 1. The lowest BCUT2D eigenvalue weighted by molar-refractivity contribution is 0.0719. The van der Waals surface area contributed by atoms with E-state index in [0.29, 0.717) is 18.7 Å². The van der Waals surface area contributed by atoms with Crippen LogP contribution in [0.1, 0.15) is 35.7 Å². The molecule has 1 aromatic heterocycles. The summed E-state index contributed by atoms with van der Waals surface area (Å²) in [4.78, 5) is 22.2. The Balaban J connectivity index is 1.61. The molecule has 3 rings (SSSR count). The van der Waals surface area contributed by atoms with Crippen molar-refractivity contribution in [3.05, 3.63) is 59.7 Å². The van der Waals surface area contributed by atoms with E-state index in [0.717, 1.165) is 40.3 Å². The summed E-state index contributed by atoms with van der Waals surface area (Å²) in [5.74, 6) is 0.763. The van der Waals surface area contributed by atoms with Crippen molar-refractivity contribution in [3.8, 4) is 0 Å². The molecule has 0 aliphatic carbocycles. The van der Waals surface area contributed by atoms with Gasteiger partial charge >= 0.3 is 0 Å². The van der Waals surface area contributed by atoms with Crippen LogP contribution in [0.5, 0.6) is 0 Å². The summed E-state index contributed by atoms with van der Waals surface area (Å²) in [6, 6.07) is 15.7. The van der Waals surface area contributed by atoms with E-state index >= 15 is 0 Å². The van der Waals surface area contributed by atoms with Gasteiger partial charge in [0.2, 0.25) is 0 Å². The van der Waals surface area contributed by atoms with Crippen molar-refractivity contribution in [3.63, 3.8) is 0 Å². The van der Waals surface area contributed by atoms with Crippen molar-refractivity contribution in [2.45, 2.75) is 30.7 Å². The number of aliphatic hydroxyl groups excluding tert-OH is 1. The minimum atomic E-state index is -0.0195. The van der Waals surface area contributed by atoms with Crippen LogP contribution in [-0.4, -0.2) is 45.6 Å². The second-order valence-electron chi connectivity index (χ2n) is 6.41. The van der Waals surface area contributed by atoms with Gasteiger partial charge in [0.15, 0.2) is 5.16 Å². The van der Waals surface area contributed by atoms with Gasteiger partial charge in [-0.25, -0.2) is 4.98 Å². The molecule has 0 bridgehead atoms. The number of aromatic nitrogens is 2. The van der Waals surface area contributed by atoms with E-state index in [9.17, 15) is 9.90 Å². The number of aromatic amines is 1. The first kappa shape index (κ1) is 19.5. The number of hydrogen-bond acceptors (Lipinski definition) is 4. The number of thioether (sulfide) groups is 1. The minimum Gasteiger partial charge on any atom is -0.395 e. The van der Waals surface area contributed by atoms with Crippen molar-refractivity contribution < 1.29 is 9.90 Å². The smallest absolute Gasteiger partial charge is 0.253 e. The van der Waals surface area contributed by atoms with Crippen molar-refractivity contribution >= 4 is 28.7 Å². The number of hydrogen-bond donors (Lipinski definition) is 2. The van der Waals surface area contributed by atoms with Crippen LogP contribution in [0, 0.1) is 0 Å². The number of nitrogens with zero attached hydrogens (tertiary/aromatic N) is 2. The molecular weight excluding hydrogens is 358 g/mol. The molecule has 0 saturated carbocycles. The maximum absolute atomic E-state index is 12.6. The number of aliphatic hydroxyl groups is 1. The quantitative estimate of drug-likeness (QED) is 0.546. The van der Waals surface area contributed by atoms with Crippen molar-refractivity contribution in [1.82, 2.24) is 14.9 Å². The molecule has 0 unspecified atom stereocenters. The molecule has 2 aromatic carbocycles. The minimum absolute atomic E-state index is 0.0122. The van der Waals surface area contributed by atoms with Crippen LogP contribution in [-0.2, 0) is 5.75 Å². The van der Waals surface area contributed by atoms with E-state index in [-0.39, 0.29) is 12.5 Å². The molecule has 1 heterocycles. The summed E-state index contributed by atoms with van der Waals surface area (Å²) in [6.07, 6.45) is 1.96. The van der Waals surface area contributed by atoms with Crippen LogP contribution in [0.25, 0.3) is 11.0 Å². The largest absolute Gasteiger partial charge is 0.395 e. The molecule has 5 nitrogen and oxygen atoms in total. The van der Waals surface area contributed by atoms with Crippen molar-refractivity contribution in [2.75, 3.05) is 19.7 Å². The molecule has 0 saturated heterocycles. The van der Waals surface area contributed by atoms with E-state index in [1.165, 1.54) is 0 Å². The standard InChI is InChI=1S/C21H25N3O2S/c1-2-3-12-24(13-14-25)20(26)17-10-8-16(9-11-17)15-27-21-22-18-6-4-5-7-19(18)23-21/h4-11,25H,2-3,12-15H2,1H3,(H,22,23). The van der Waals surface area contributed by atoms with Gasteiger partial charge in [0, 0.05) is 24.4 Å². The number of H-pyrrole nitrogens is 1. The summed E-state index contributed by atoms with van der Waals surface area (Å²) in [6.45, 7) is 3.14. The fourth-order valence-electron chi connectivity index (χ4n) is 2.86. The number of imidazole rings is 1. The first-order chi connectivity index (χ1) is 13.2. The Morgan fingerprint density at radius 3 is 2.63 bits per heavy atom. The third-order valence-corrected chi connectivity index (χ3v) is 5.33. The summed E-state index contributed by atoms with van der Waals surface area (Å²) in [5, 5.41) is 10.1. The number of para-hydroxylation sites is 2. The number of benzene rings is 2. The average molecular weight is 384 g/mol. The van der Waals surface area contributed by atoms with Crippen LogP contribution in [0.4, 0.5) is 0 Å². The summed E-state index contributed by atoms with van der Waals surface area (Å²) in [5.41, 5.74) is 3.81. The van der Waals surface area contributed by atoms with Crippen molar-refractivity contribution in [2.24, 2.45) is 0 Å². The summed E-state index contributed by atoms with van der Waals surface area (Å²) >= 11 is 1.64. The van der Waals surface area contributed by atoms with E-state index < -0.39 is 0 Å². The first-order valence-corrected chi connectivity index (χ1v) is 10.3. The van der Waals surface area contributed by atoms with Gasteiger partial charge in [0.05, 0.1) is 17.6 Å². The van der Waals surface area contributed by atoms with Gasteiger partial charge in [-0.15, -0.1) is 0 Å². The van der Waals surface area contributed by atoms with E-state index in [4.69, 9.17) is 0 Å². The van der Waals surface area contributed by atoms with Crippen LogP contribution in [0.2, 0.25) is 0 Å². The Kier molecular flexibility index (Phi) is 6.90. The Hall–Kier alpha value is -2.31. The molecule has 0 radical (unpaired) electrons. The fraction of sp³-hybridized carbons (Fsp3) is 0.333. The van der Waals surface area contributed by atoms with Gasteiger partial charge in [-0.05, 0) is 36.2 Å². The number of nitrogens with one attached hydrogen (secondary N) is 1. The normalized spacial score (nSPS) is 11.0. The highest BCUT2D eigenvalue weighted by Gasteiger charge is 2.14. The predicted molar refractivity (Wildman–Crippen MR) is 110 cm³/mol. The molecule has 6 heteroatoms. The van der Waals surface area contributed by atoms with E-state index in [1.54, 1.807) is 16.7 Å². The van der Waals surface area contributed by atoms with Crippen LogP contribution in [0.15, 0.2) is 53.7 Å². The maximum atomic E-state index is 12.6. The molecule has 0 aliphatic rings. The van der Waals surface area contributed by atoms with Gasteiger partial charge in [0.1, 0.15) is 0 Å². The molecule has 1 amide bonds. The second-order valence-corrected chi connectivity index (χ2v) is 7.38. The van der Waals surface area contributed by atoms with Gasteiger partial charge in [-0.1, -0.05) is 49.4 Å². The Morgan fingerprint density at radius 1 is 1.15 bits per heavy atom. The maximum Gasteiger partial charge on any atom is 0.253 e. The topological polar surface area (TPSA) is 69.2 Å². The number of fused-ring (bicyclic) bond motifs is 1. The summed E-state index contributed by atoms with van der Waals surface area (Å²) < 4.78 is 0. The van der Waals surface area contributed by atoms with Gasteiger partial charge in [0.25, 0.3) is 5.91 Å². The van der Waals surface area contributed by atoms with E-state index in [2.05, 4.69) is 16.9 Å². The Bertz CT molecular complexity index is 844. The third-order valence-electron chi connectivity index (χ3n) is 4.38. The molecule has 0 spiro atoms. The highest BCUT2D eigenvalue weighted by Crippen LogP contribution is 2.23. The molecule has 0 atom stereocenters. The molecule has 142 valence electrons. The zero-order valence-corrected chi connectivity index (χ0v) is 16.3. The average Bonchev–Trinajstić information content (AvgIpc) is 3.12. The molecule has 2 N–H and O–H groups in total. The molecule has 3 aromatic rings. The lowest BCUT2D eigenvalue weighted by atomic mass is 10.1. The molecule has 0 fully saturated rings. The second kappa shape index (κ2) is 9.58. The lowest BCUT2D eigenvalue weighted by Gasteiger charge is -2.21. The number of unbranched alkanes of at least 4 members (excludes halogenated alkanes) is 1. The number of rotatable bonds is 9. The SMILES string of the molecule is CCCCN(CCO)C(=O)c1ccc(CSc2nc3ccccc3[nH]2)cc1. The van der Waals surface area contributed by atoms with Crippen LogP contribution < -0.4 is 0 Å². The lowest BCUT2D eigenvalue weighted by Crippen LogP contribution is -2.34. The van der Waals surface area contributed by atoms with Crippen molar-refractivity contribution in [1.29, 1.82) is 0 Å². The van der Waals surface area contributed by atoms with Gasteiger partial charge in [-0.3, -0.25) is 4.79 Å². The van der Waals surface area contributed by atoms with Crippen LogP contribution in [0.3, 0.4) is 0 Å². The highest BCUT2D eigenvalue weighted by molar-refractivity contribution is 7.98. The Labute approximate surface area is 163 Å².